The molecular formula is C15H21NO3. The molecule has 19 heavy (non-hydrogen) atoms. The van der Waals surface area contributed by atoms with E-state index >= 15 is 0 Å². The summed E-state index contributed by atoms with van der Waals surface area (Å²) < 4.78 is 10.8. The highest BCUT2D eigenvalue weighted by molar-refractivity contribution is 5.78. The summed E-state index contributed by atoms with van der Waals surface area (Å²) in [6.07, 6.45) is 0.841. The maximum Gasteiger partial charge on any atom is 0.227 e. The van der Waals surface area contributed by atoms with E-state index in [9.17, 15) is 4.79 Å². The molecule has 0 N–H and O–H groups in total. The summed E-state index contributed by atoms with van der Waals surface area (Å²) in [7, 11) is 1.83. The van der Waals surface area contributed by atoms with E-state index in [2.05, 4.69) is 0 Å². The molecule has 0 bridgehead atoms. The number of likely N-dealkylation sites (N-methyl/N-ethyl adjacent to an activating group) is 1. The van der Waals surface area contributed by atoms with Crippen molar-refractivity contribution in [1.29, 1.82) is 0 Å². The molecule has 0 aliphatic carbocycles. The first-order chi connectivity index (χ1) is 9.27. The first-order valence-electron chi connectivity index (χ1n) is 6.72. The molecule has 4 heteroatoms. The van der Waals surface area contributed by atoms with E-state index in [1.165, 1.54) is 0 Å². The van der Waals surface area contributed by atoms with Crippen LogP contribution >= 0.6 is 0 Å². The summed E-state index contributed by atoms with van der Waals surface area (Å²) in [6, 6.07) is 10.0. The predicted octanol–water partition coefficient (Wildman–Crippen LogP) is 1.70. The number of ether oxygens (including phenoxy) is 2. The van der Waals surface area contributed by atoms with Gasteiger partial charge in [0.2, 0.25) is 5.91 Å². The molecule has 1 amide bonds. The molecule has 104 valence electrons. The molecule has 0 saturated carbocycles. The number of rotatable bonds is 6. The molecule has 0 radical (unpaired) electrons. The molecular weight excluding hydrogens is 242 g/mol. The Bertz CT molecular complexity index is 388. The zero-order chi connectivity index (χ0) is 13.5. The van der Waals surface area contributed by atoms with Crippen LogP contribution in [0.2, 0.25) is 0 Å². The van der Waals surface area contributed by atoms with Crippen molar-refractivity contribution >= 4 is 5.91 Å². The van der Waals surface area contributed by atoms with Gasteiger partial charge in [-0.25, -0.2) is 0 Å². The van der Waals surface area contributed by atoms with Gasteiger partial charge < -0.3 is 14.4 Å². The summed E-state index contributed by atoms with van der Waals surface area (Å²) in [5.41, 5.74) is 1.15. The van der Waals surface area contributed by atoms with E-state index in [1.807, 2.05) is 37.4 Å². The fourth-order valence-corrected chi connectivity index (χ4v) is 2.12. The van der Waals surface area contributed by atoms with E-state index in [0.29, 0.717) is 33.0 Å². The Hall–Kier alpha value is -1.39. The third kappa shape index (κ3) is 4.33. The second-order valence-electron chi connectivity index (χ2n) is 4.86. The number of carbonyl (C=O) groups excluding carboxylic acids is 1. The SMILES string of the molecule is CN(CCOCc1ccccc1)C(=O)C1CCOC1. The number of hydrogen-bond donors (Lipinski definition) is 0. The van der Waals surface area contributed by atoms with Crippen molar-refractivity contribution in [3.63, 3.8) is 0 Å². The van der Waals surface area contributed by atoms with Crippen LogP contribution in [0.4, 0.5) is 0 Å². The van der Waals surface area contributed by atoms with Crippen molar-refractivity contribution in [3.8, 4) is 0 Å². The van der Waals surface area contributed by atoms with Gasteiger partial charge in [-0.3, -0.25) is 4.79 Å². The fourth-order valence-electron chi connectivity index (χ4n) is 2.12. The van der Waals surface area contributed by atoms with Gasteiger partial charge >= 0.3 is 0 Å². The minimum atomic E-state index is 0.0409. The average Bonchev–Trinajstić information content (AvgIpc) is 2.98. The maximum atomic E-state index is 12.0. The molecule has 1 unspecified atom stereocenters. The predicted molar refractivity (Wildman–Crippen MR) is 72.7 cm³/mol. The third-order valence-electron chi connectivity index (χ3n) is 3.34. The topological polar surface area (TPSA) is 38.8 Å². The normalized spacial score (nSPS) is 18.5. The summed E-state index contributed by atoms with van der Waals surface area (Å²) in [4.78, 5) is 13.7. The van der Waals surface area contributed by atoms with Gasteiger partial charge in [-0.2, -0.15) is 0 Å². The van der Waals surface area contributed by atoms with Crippen LogP contribution in [-0.2, 0) is 20.9 Å². The summed E-state index contributed by atoms with van der Waals surface area (Å²) in [6.45, 7) is 3.05. The number of hydrogen-bond acceptors (Lipinski definition) is 3. The average molecular weight is 263 g/mol. The van der Waals surface area contributed by atoms with Gasteiger partial charge in [0.1, 0.15) is 0 Å². The van der Waals surface area contributed by atoms with E-state index in [0.717, 1.165) is 12.0 Å². The van der Waals surface area contributed by atoms with Crippen molar-refractivity contribution in [2.75, 3.05) is 33.4 Å². The van der Waals surface area contributed by atoms with E-state index in [1.54, 1.807) is 4.90 Å². The van der Waals surface area contributed by atoms with Gasteiger partial charge in [0.05, 0.1) is 25.7 Å². The molecule has 0 spiro atoms. The van der Waals surface area contributed by atoms with Crippen LogP contribution in [0.1, 0.15) is 12.0 Å². The molecule has 2 rings (SSSR count). The molecule has 1 aliphatic rings. The molecule has 1 aromatic carbocycles. The van der Waals surface area contributed by atoms with Crippen molar-refractivity contribution < 1.29 is 14.3 Å². The van der Waals surface area contributed by atoms with Gasteiger partial charge in [-0.15, -0.1) is 0 Å². The Labute approximate surface area is 114 Å². The minimum Gasteiger partial charge on any atom is -0.381 e. The lowest BCUT2D eigenvalue weighted by Crippen LogP contribution is -2.35. The van der Waals surface area contributed by atoms with Crippen LogP contribution in [0.25, 0.3) is 0 Å². The molecule has 4 nitrogen and oxygen atoms in total. The largest absolute Gasteiger partial charge is 0.381 e. The van der Waals surface area contributed by atoms with Crippen LogP contribution in [0.3, 0.4) is 0 Å². The van der Waals surface area contributed by atoms with E-state index in [-0.39, 0.29) is 11.8 Å². The highest BCUT2D eigenvalue weighted by Crippen LogP contribution is 2.14. The Kier molecular flexibility index (Phi) is 5.36. The number of benzene rings is 1. The van der Waals surface area contributed by atoms with Gasteiger partial charge in [0.15, 0.2) is 0 Å². The molecule has 1 aliphatic heterocycles. The van der Waals surface area contributed by atoms with Gasteiger partial charge in [-0.05, 0) is 12.0 Å². The standard InChI is InChI=1S/C15H21NO3/c1-16(15(17)14-7-9-18-12-14)8-10-19-11-13-5-3-2-4-6-13/h2-6,14H,7-12H2,1H3. The third-order valence-corrected chi connectivity index (χ3v) is 3.34. The lowest BCUT2D eigenvalue weighted by Gasteiger charge is -2.20. The van der Waals surface area contributed by atoms with Crippen LogP contribution < -0.4 is 0 Å². The van der Waals surface area contributed by atoms with Crippen LogP contribution in [-0.4, -0.2) is 44.2 Å². The highest BCUT2D eigenvalue weighted by atomic mass is 16.5. The quantitative estimate of drug-likeness (QED) is 0.733. The number of carbonyl (C=O) groups is 1. The smallest absolute Gasteiger partial charge is 0.227 e. The Balaban J connectivity index is 1.63. The molecule has 1 aromatic rings. The minimum absolute atomic E-state index is 0.0409. The van der Waals surface area contributed by atoms with Crippen molar-refractivity contribution in [3.05, 3.63) is 35.9 Å². The van der Waals surface area contributed by atoms with Crippen molar-refractivity contribution in [2.24, 2.45) is 5.92 Å². The highest BCUT2D eigenvalue weighted by Gasteiger charge is 2.25. The lowest BCUT2D eigenvalue weighted by atomic mass is 10.1. The summed E-state index contributed by atoms with van der Waals surface area (Å²) in [5, 5.41) is 0. The Morgan fingerprint density at radius 2 is 2.21 bits per heavy atom. The van der Waals surface area contributed by atoms with E-state index < -0.39 is 0 Å². The van der Waals surface area contributed by atoms with Crippen molar-refractivity contribution in [2.45, 2.75) is 13.0 Å². The van der Waals surface area contributed by atoms with Crippen LogP contribution in [0.5, 0.6) is 0 Å². The van der Waals surface area contributed by atoms with Crippen LogP contribution in [0, 0.1) is 5.92 Å². The Morgan fingerprint density at radius 3 is 2.89 bits per heavy atom. The van der Waals surface area contributed by atoms with Crippen molar-refractivity contribution in [1.82, 2.24) is 4.90 Å². The maximum absolute atomic E-state index is 12.0. The summed E-state index contributed by atoms with van der Waals surface area (Å²) in [5.74, 6) is 0.208. The second-order valence-corrected chi connectivity index (χ2v) is 4.86. The number of amides is 1. The molecule has 1 heterocycles. The van der Waals surface area contributed by atoms with Crippen LogP contribution in [0.15, 0.2) is 30.3 Å². The zero-order valence-corrected chi connectivity index (χ0v) is 11.4. The first kappa shape index (κ1) is 14.0. The van der Waals surface area contributed by atoms with Gasteiger partial charge in [-0.1, -0.05) is 30.3 Å². The Morgan fingerprint density at radius 1 is 1.42 bits per heavy atom. The first-order valence-corrected chi connectivity index (χ1v) is 6.72. The zero-order valence-electron chi connectivity index (χ0n) is 11.4. The molecule has 0 aromatic heterocycles. The molecule has 1 atom stereocenters. The molecule has 1 saturated heterocycles. The number of nitrogens with zero attached hydrogens (tertiary/aromatic N) is 1. The monoisotopic (exact) mass is 263 g/mol. The fraction of sp³-hybridized carbons (Fsp3) is 0.533. The van der Waals surface area contributed by atoms with E-state index in [4.69, 9.17) is 9.47 Å². The van der Waals surface area contributed by atoms with Gasteiger partial charge in [0, 0.05) is 20.2 Å². The summed E-state index contributed by atoms with van der Waals surface area (Å²) >= 11 is 0. The molecule has 1 fully saturated rings. The van der Waals surface area contributed by atoms with Gasteiger partial charge in [0.25, 0.3) is 0 Å². The lowest BCUT2D eigenvalue weighted by molar-refractivity contribution is -0.134. The second kappa shape index (κ2) is 7.26.